The number of anilines is 1. The molecule has 1 aliphatic heterocycles. The van der Waals surface area contributed by atoms with E-state index in [9.17, 15) is 13.2 Å². The Morgan fingerprint density at radius 3 is 2.65 bits per heavy atom. The molecule has 2 aliphatic rings. The van der Waals surface area contributed by atoms with Crippen molar-refractivity contribution in [3.8, 4) is 0 Å². The van der Waals surface area contributed by atoms with E-state index in [0.29, 0.717) is 29.2 Å². The molecule has 3 rings (SSSR count). The molecule has 0 amide bonds. The van der Waals surface area contributed by atoms with Crippen molar-refractivity contribution >= 4 is 17.3 Å². The van der Waals surface area contributed by atoms with E-state index < -0.39 is 11.7 Å². The summed E-state index contributed by atoms with van der Waals surface area (Å²) < 4.78 is 38.4. The summed E-state index contributed by atoms with van der Waals surface area (Å²) in [4.78, 5) is 1.97. The third kappa shape index (κ3) is 2.88. The minimum Gasteiger partial charge on any atom is -0.367 e. The average molecular weight is 305 g/mol. The van der Waals surface area contributed by atoms with Crippen molar-refractivity contribution in [2.75, 3.05) is 24.5 Å². The normalized spacial score (nSPS) is 24.0. The number of nitrogens with zero attached hydrogens (tertiary/aromatic N) is 1. The van der Waals surface area contributed by atoms with E-state index in [1.54, 1.807) is 0 Å². The number of piperazine rings is 1. The van der Waals surface area contributed by atoms with Crippen LogP contribution in [-0.4, -0.2) is 25.7 Å². The van der Waals surface area contributed by atoms with Crippen LogP contribution in [0.15, 0.2) is 18.2 Å². The van der Waals surface area contributed by atoms with Gasteiger partial charge in [-0.25, -0.2) is 0 Å². The SMILES string of the molecule is FC(F)(F)c1ccc(Cl)c(N2CCNC(C3CC3)C2)c1. The molecule has 0 radical (unpaired) electrons. The van der Waals surface area contributed by atoms with E-state index in [2.05, 4.69) is 5.32 Å². The van der Waals surface area contributed by atoms with Crippen LogP contribution in [0, 0.1) is 5.92 Å². The molecular weight excluding hydrogens is 289 g/mol. The number of hydrogen-bond donors (Lipinski definition) is 1. The molecule has 20 heavy (non-hydrogen) atoms. The van der Waals surface area contributed by atoms with Gasteiger partial charge >= 0.3 is 6.18 Å². The summed E-state index contributed by atoms with van der Waals surface area (Å²) in [7, 11) is 0. The number of halogens is 4. The van der Waals surface area contributed by atoms with Crippen LogP contribution in [0.3, 0.4) is 0 Å². The predicted octanol–water partition coefficient (Wildman–Crippen LogP) is 3.55. The van der Waals surface area contributed by atoms with Crippen molar-refractivity contribution in [3.05, 3.63) is 28.8 Å². The third-order valence-electron chi connectivity index (χ3n) is 4.01. The third-order valence-corrected chi connectivity index (χ3v) is 4.33. The first-order valence-electron chi connectivity index (χ1n) is 6.80. The fraction of sp³-hybridized carbons (Fsp3) is 0.571. The monoisotopic (exact) mass is 304 g/mol. The van der Waals surface area contributed by atoms with E-state index in [4.69, 9.17) is 11.6 Å². The van der Waals surface area contributed by atoms with Gasteiger partial charge < -0.3 is 10.2 Å². The Balaban J connectivity index is 1.84. The highest BCUT2D eigenvalue weighted by atomic mass is 35.5. The smallest absolute Gasteiger partial charge is 0.367 e. The average Bonchev–Trinajstić information content (AvgIpc) is 3.22. The largest absolute Gasteiger partial charge is 0.416 e. The summed E-state index contributed by atoms with van der Waals surface area (Å²) in [6.07, 6.45) is -1.91. The van der Waals surface area contributed by atoms with Gasteiger partial charge in [0.2, 0.25) is 0 Å². The van der Waals surface area contributed by atoms with Gasteiger partial charge in [0.25, 0.3) is 0 Å². The number of hydrogen-bond acceptors (Lipinski definition) is 2. The van der Waals surface area contributed by atoms with Gasteiger partial charge in [-0.15, -0.1) is 0 Å². The molecule has 2 fully saturated rings. The molecule has 1 unspecified atom stereocenters. The molecule has 0 aromatic heterocycles. The number of rotatable bonds is 2. The molecule has 0 bridgehead atoms. The molecular formula is C14H16ClF3N2. The first kappa shape index (κ1) is 14.0. The van der Waals surface area contributed by atoms with E-state index in [1.807, 2.05) is 4.90 Å². The van der Waals surface area contributed by atoms with Crippen LogP contribution in [0.1, 0.15) is 18.4 Å². The van der Waals surface area contributed by atoms with Crippen LogP contribution in [0.25, 0.3) is 0 Å². The first-order valence-corrected chi connectivity index (χ1v) is 7.18. The van der Waals surface area contributed by atoms with Gasteiger partial charge in [0.15, 0.2) is 0 Å². The van der Waals surface area contributed by atoms with Gasteiger partial charge in [-0.1, -0.05) is 11.6 Å². The summed E-state index contributed by atoms with van der Waals surface area (Å²) in [6.45, 7) is 2.20. The molecule has 1 heterocycles. The van der Waals surface area contributed by atoms with Crippen LogP contribution >= 0.6 is 11.6 Å². The second-order valence-corrected chi connectivity index (χ2v) is 5.92. The molecule has 1 aliphatic carbocycles. The second-order valence-electron chi connectivity index (χ2n) is 5.51. The zero-order chi connectivity index (χ0) is 14.3. The molecule has 1 aromatic rings. The lowest BCUT2D eigenvalue weighted by Crippen LogP contribution is -2.51. The quantitative estimate of drug-likeness (QED) is 0.899. The van der Waals surface area contributed by atoms with E-state index in [0.717, 1.165) is 25.2 Å². The summed E-state index contributed by atoms with van der Waals surface area (Å²) >= 11 is 6.09. The molecule has 1 atom stereocenters. The Bertz CT molecular complexity index is 500. The molecule has 6 heteroatoms. The van der Waals surface area contributed by atoms with Crippen molar-refractivity contribution in [2.24, 2.45) is 5.92 Å². The Hall–Kier alpha value is -0.940. The van der Waals surface area contributed by atoms with Crippen LogP contribution in [-0.2, 0) is 6.18 Å². The molecule has 110 valence electrons. The fourth-order valence-corrected chi connectivity index (χ4v) is 2.98. The predicted molar refractivity (Wildman–Crippen MR) is 73.2 cm³/mol. The van der Waals surface area contributed by atoms with Crippen LogP contribution < -0.4 is 10.2 Å². The molecule has 0 spiro atoms. The van der Waals surface area contributed by atoms with Crippen molar-refractivity contribution in [1.29, 1.82) is 0 Å². The van der Waals surface area contributed by atoms with Gasteiger partial charge in [-0.2, -0.15) is 13.2 Å². The van der Waals surface area contributed by atoms with Crippen LogP contribution in [0.2, 0.25) is 5.02 Å². The lowest BCUT2D eigenvalue weighted by molar-refractivity contribution is -0.137. The molecule has 1 saturated heterocycles. The van der Waals surface area contributed by atoms with Gasteiger partial charge in [0.05, 0.1) is 16.3 Å². The highest BCUT2D eigenvalue weighted by Gasteiger charge is 2.35. The summed E-state index contributed by atoms with van der Waals surface area (Å²) in [5, 5.41) is 3.82. The maximum Gasteiger partial charge on any atom is 0.416 e. The van der Waals surface area contributed by atoms with Gasteiger partial charge in [0, 0.05) is 25.7 Å². The minimum absolute atomic E-state index is 0.370. The van der Waals surface area contributed by atoms with Crippen molar-refractivity contribution < 1.29 is 13.2 Å². The van der Waals surface area contributed by atoms with Gasteiger partial charge in [-0.05, 0) is 37.0 Å². The minimum atomic E-state index is -4.33. The van der Waals surface area contributed by atoms with E-state index in [1.165, 1.54) is 18.9 Å². The van der Waals surface area contributed by atoms with Crippen LogP contribution in [0.5, 0.6) is 0 Å². The zero-order valence-corrected chi connectivity index (χ0v) is 11.6. The number of benzene rings is 1. The Kier molecular flexibility index (Phi) is 3.58. The highest BCUT2D eigenvalue weighted by Crippen LogP contribution is 2.38. The Morgan fingerprint density at radius 1 is 1.25 bits per heavy atom. The summed E-state index contributed by atoms with van der Waals surface area (Å²) in [5.74, 6) is 0.669. The van der Waals surface area contributed by atoms with Crippen molar-refractivity contribution in [2.45, 2.75) is 25.1 Å². The Labute approximate surface area is 120 Å². The lowest BCUT2D eigenvalue weighted by Gasteiger charge is -2.36. The highest BCUT2D eigenvalue weighted by molar-refractivity contribution is 6.33. The lowest BCUT2D eigenvalue weighted by atomic mass is 10.1. The van der Waals surface area contributed by atoms with E-state index in [-0.39, 0.29) is 0 Å². The summed E-state index contributed by atoms with van der Waals surface area (Å²) in [6, 6.07) is 3.91. The van der Waals surface area contributed by atoms with Crippen LogP contribution in [0.4, 0.5) is 18.9 Å². The Morgan fingerprint density at radius 2 is 2.00 bits per heavy atom. The topological polar surface area (TPSA) is 15.3 Å². The van der Waals surface area contributed by atoms with Gasteiger partial charge in [0.1, 0.15) is 0 Å². The number of nitrogens with one attached hydrogen (secondary N) is 1. The van der Waals surface area contributed by atoms with E-state index >= 15 is 0 Å². The molecule has 1 saturated carbocycles. The second kappa shape index (κ2) is 5.11. The first-order chi connectivity index (χ1) is 9.45. The zero-order valence-electron chi connectivity index (χ0n) is 10.9. The van der Waals surface area contributed by atoms with Crippen molar-refractivity contribution in [1.82, 2.24) is 5.32 Å². The van der Waals surface area contributed by atoms with Gasteiger partial charge in [-0.3, -0.25) is 0 Å². The number of alkyl halides is 3. The standard InChI is InChI=1S/C14H16ClF3N2/c15-11-4-3-10(14(16,17)18)7-13(11)20-6-5-19-12(8-20)9-1-2-9/h3-4,7,9,12,19H,1-2,5-6,8H2. The molecule has 1 N–H and O–H groups in total. The van der Waals surface area contributed by atoms with Crippen molar-refractivity contribution in [3.63, 3.8) is 0 Å². The molecule has 2 nitrogen and oxygen atoms in total. The maximum absolute atomic E-state index is 12.8. The fourth-order valence-electron chi connectivity index (χ4n) is 2.74. The molecule has 1 aromatic carbocycles. The summed E-state index contributed by atoms with van der Waals surface area (Å²) in [5.41, 5.74) is -0.146. The maximum atomic E-state index is 12.8.